The van der Waals surface area contributed by atoms with E-state index in [9.17, 15) is 0 Å². The minimum absolute atomic E-state index is 0.487. The van der Waals surface area contributed by atoms with E-state index in [0.29, 0.717) is 0 Å². The molecule has 0 aliphatic heterocycles. The highest BCUT2D eigenvalue weighted by Gasteiger charge is 2.55. The summed E-state index contributed by atoms with van der Waals surface area (Å²) in [5.41, 5.74) is 25.9. The summed E-state index contributed by atoms with van der Waals surface area (Å²) >= 11 is 0. The molecular weight excluding hydrogens is 807 g/mol. The van der Waals surface area contributed by atoms with Gasteiger partial charge in [-0.1, -0.05) is 224 Å². The SMILES string of the molecule is c1ccc(-c2c(N(c3ccccc3)c3ccc4c(c3)C3(c5ccccc5-c5ccccc53)c3ccccc3-4)c3c(c4ccccc24)C2(c4ccccc4-c4ccccc42)c2ccccc2-3)cc1. The maximum absolute atomic E-state index is 2.61. The maximum atomic E-state index is 2.61. The third kappa shape index (κ3) is 4.54. The fourth-order valence-corrected chi connectivity index (χ4v) is 13.4. The second-order valence-electron chi connectivity index (χ2n) is 18.6. The van der Waals surface area contributed by atoms with E-state index >= 15 is 0 Å². The molecule has 0 radical (unpaired) electrons. The first-order chi connectivity index (χ1) is 33.3. The number of rotatable bonds is 4. The van der Waals surface area contributed by atoms with Crippen LogP contribution in [0.3, 0.4) is 0 Å². The summed E-state index contributed by atoms with van der Waals surface area (Å²) in [7, 11) is 0. The van der Waals surface area contributed by atoms with E-state index in [-0.39, 0.29) is 0 Å². The first-order valence-corrected chi connectivity index (χ1v) is 23.5. The lowest BCUT2D eigenvalue weighted by molar-refractivity contribution is 0.793. The summed E-state index contributed by atoms with van der Waals surface area (Å²) in [6, 6.07) is 93.8. The van der Waals surface area contributed by atoms with Crippen LogP contribution in [0.15, 0.2) is 249 Å². The molecule has 310 valence electrons. The maximum Gasteiger partial charge on any atom is 0.0732 e. The Bertz CT molecular complexity index is 3770. The Labute approximate surface area is 390 Å². The van der Waals surface area contributed by atoms with Crippen molar-refractivity contribution in [2.24, 2.45) is 0 Å². The molecular formula is C66H41N. The van der Waals surface area contributed by atoms with E-state index in [0.717, 1.165) is 11.4 Å². The number of para-hydroxylation sites is 1. The number of hydrogen-bond donors (Lipinski definition) is 0. The van der Waals surface area contributed by atoms with Crippen LogP contribution in [-0.4, -0.2) is 0 Å². The van der Waals surface area contributed by atoms with Crippen molar-refractivity contribution in [3.8, 4) is 55.6 Å². The lowest BCUT2D eigenvalue weighted by Gasteiger charge is -2.35. The van der Waals surface area contributed by atoms with Gasteiger partial charge in [-0.2, -0.15) is 0 Å². The van der Waals surface area contributed by atoms with Crippen molar-refractivity contribution < 1.29 is 0 Å². The quantitative estimate of drug-likeness (QED) is 0.171. The third-order valence-corrected chi connectivity index (χ3v) is 15.7. The van der Waals surface area contributed by atoms with E-state index in [1.54, 1.807) is 0 Å². The minimum Gasteiger partial charge on any atom is -0.309 e. The van der Waals surface area contributed by atoms with Crippen molar-refractivity contribution in [1.29, 1.82) is 0 Å². The first kappa shape index (κ1) is 36.8. The molecule has 0 fully saturated rings. The summed E-state index contributed by atoms with van der Waals surface area (Å²) in [5.74, 6) is 0. The topological polar surface area (TPSA) is 3.24 Å². The number of fused-ring (bicyclic) bond motifs is 22. The summed E-state index contributed by atoms with van der Waals surface area (Å²) in [6.07, 6.45) is 0. The van der Waals surface area contributed by atoms with Gasteiger partial charge in [-0.15, -0.1) is 0 Å². The smallest absolute Gasteiger partial charge is 0.0732 e. The van der Waals surface area contributed by atoms with Gasteiger partial charge in [-0.3, -0.25) is 0 Å². The van der Waals surface area contributed by atoms with E-state index in [2.05, 4.69) is 254 Å². The zero-order valence-electron chi connectivity index (χ0n) is 36.6. The van der Waals surface area contributed by atoms with Crippen LogP contribution in [0.25, 0.3) is 66.4 Å². The van der Waals surface area contributed by atoms with Crippen LogP contribution >= 0.6 is 0 Å². The van der Waals surface area contributed by atoms with Gasteiger partial charge in [0, 0.05) is 22.5 Å². The molecule has 0 saturated carbocycles. The molecule has 15 rings (SSSR count). The van der Waals surface area contributed by atoms with Crippen LogP contribution in [0.5, 0.6) is 0 Å². The molecule has 0 heterocycles. The molecule has 11 aromatic rings. The third-order valence-electron chi connectivity index (χ3n) is 15.7. The van der Waals surface area contributed by atoms with Gasteiger partial charge in [-0.25, -0.2) is 0 Å². The van der Waals surface area contributed by atoms with Crippen molar-refractivity contribution in [2.75, 3.05) is 4.90 Å². The molecule has 1 nitrogen and oxygen atoms in total. The largest absolute Gasteiger partial charge is 0.309 e. The molecule has 1 heteroatoms. The fraction of sp³-hybridized carbons (Fsp3) is 0.0303. The molecule has 67 heavy (non-hydrogen) atoms. The molecule has 0 saturated heterocycles. The zero-order valence-corrected chi connectivity index (χ0v) is 36.6. The fourth-order valence-electron chi connectivity index (χ4n) is 13.4. The van der Waals surface area contributed by atoms with Gasteiger partial charge in [0.15, 0.2) is 0 Å². The summed E-state index contributed by atoms with van der Waals surface area (Å²) in [4.78, 5) is 2.61. The molecule has 11 aromatic carbocycles. The Kier molecular flexibility index (Phi) is 7.42. The summed E-state index contributed by atoms with van der Waals surface area (Å²) in [6.45, 7) is 0. The van der Waals surface area contributed by atoms with Crippen molar-refractivity contribution >= 4 is 27.8 Å². The van der Waals surface area contributed by atoms with Gasteiger partial charge in [0.25, 0.3) is 0 Å². The highest BCUT2D eigenvalue weighted by atomic mass is 15.1. The summed E-state index contributed by atoms with van der Waals surface area (Å²) in [5, 5.41) is 2.51. The molecule has 2 spiro atoms. The van der Waals surface area contributed by atoms with Crippen molar-refractivity contribution in [2.45, 2.75) is 10.8 Å². The van der Waals surface area contributed by atoms with Crippen LogP contribution in [-0.2, 0) is 10.8 Å². The predicted octanol–water partition coefficient (Wildman–Crippen LogP) is 16.7. The van der Waals surface area contributed by atoms with Crippen LogP contribution in [0, 0.1) is 0 Å². The first-order valence-electron chi connectivity index (χ1n) is 23.5. The number of anilines is 3. The molecule has 0 bridgehead atoms. The second-order valence-corrected chi connectivity index (χ2v) is 18.6. The van der Waals surface area contributed by atoms with Crippen LogP contribution in [0.2, 0.25) is 0 Å². The number of benzene rings is 11. The van der Waals surface area contributed by atoms with E-state index in [4.69, 9.17) is 0 Å². The normalized spacial score (nSPS) is 14.2. The second kappa shape index (κ2) is 13.5. The number of hydrogen-bond acceptors (Lipinski definition) is 1. The van der Waals surface area contributed by atoms with Gasteiger partial charge in [0.2, 0.25) is 0 Å². The lowest BCUT2D eigenvalue weighted by atomic mass is 9.69. The van der Waals surface area contributed by atoms with Crippen molar-refractivity contribution in [3.63, 3.8) is 0 Å². The van der Waals surface area contributed by atoms with E-state index in [1.165, 1.54) is 117 Å². The van der Waals surface area contributed by atoms with E-state index < -0.39 is 10.8 Å². The average Bonchev–Trinajstić information content (AvgIpc) is 4.08. The molecule has 0 aromatic heterocycles. The molecule has 0 N–H and O–H groups in total. The highest BCUT2D eigenvalue weighted by molar-refractivity contribution is 6.17. The Hall–Kier alpha value is -8.52. The van der Waals surface area contributed by atoms with Gasteiger partial charge < -0.3 is 4.90 Å². The van der Waals surface area contributed by atoms with Crippen LogP contribution < -0.4 is 4.90 Å². The molecule has 4 aliphatic rings. The van der Waals surface area contributed by atoms with Crippen LogP contribution in [0.1, 0.15) is 44.5 Å². The average molecular weight is 848 g/mol. The minimum atomic E-state index is -0.550. The summed E-state index contributed by atoms with van der Waals surface area (Å²) < 4.78 is 0. The Balaban J connectivity index is 1.12. The molecule has 4 aliphatic carbocycles. The molecule has 0 unspecified atom stereocenters. The number of nitrogens with zero attached hydrogens (tertiary/aromatic N) is 1. The van der Waals surface area contributed by atoms with Gasteiger partial charge >= 0.3 is 0 Å². The Morgan fingerprint density at radius 3 is 1.16 bits per heavy atom. The van der Waals surface area contributed by atoms with Gasteiger partial charge in [0.1, 0.15) is 0 Å². The highest BCUT2D eigenvalue weighted by Crippen LogP contribution is 2.69. The Morgan fingerprint density at radius 1 is 0.254 bits per heavy atom. The monoisotopic (exact) mass is 847 g/mol. The standard InChI is InChI=1S/C66H41N/c1-3-21-42(22-4-1)61-51-30-7-8-31-52(51)63-62(53-32-14-20-38-59(53)66(63)57-36-18-12-27-47(57)48-28-13-19-37-58(48)66)64(61)67(43-23-5-2-6-24-43)44-39-40-50-49-29-11-17-35-56(49)65(60(50)41-44)54-33-15-9-25-45(54)46-26-10-16-34-55(46)65/h1-41H. The predicted molar refractivity (Wildman–Crippen MR) is 277 cm³/mol. The Morgan fingerprint density at radius 2 is 0.642 bits per heavy atom. The zero-order chi connectivity index (χ0) is 43.8. The molecule has 0 atom stereocenters. The van der Waals surface area contributed by atoms with Crippen molar-refractivity contribution in [3.05, 3.63) is 293 Å². The van der Waals surface area contributed by atoms with Gasteiger partial charge in [-0.05, 0) is 124 Å². The van der Waals surface area contributed by atoms with Crippen molar-refractivity contribution in [1.82, 2.24) is 0 Å². The lowest BCUT2D eigenvalue weighted by Crippen LogP contribution is -2.27. The molecule has 0 amide bonds. The van der Waals surface area contributed by atoms with Crippen LogP contribution in [0.4, 0.5) is 17.1 Å². The van der Waals surface area contributed by atoms with E-state index in [1.807, 2.05) is 0 Å². The van der Waals surface area contributed by atoms with Gasteiger partial charge in [0.05, 0.1) is 16.5 Å².